The first-order chi connectivity index (χ1) is 26.3. The molecule has 1 aliphatic carbocycles. The first kappa shape index (κ1) is 29.6. The standard InChI is InChI=1S/C50H31N3/c51-31-34-17-13-24-36(33-16-12-18-35(30-33)52-44-25-9-6-19-37(44)38-20-7-10-26-45(38)52)49(34)53-46-27-11-8-21-39(46)42-28-29-43-47(32-14-2-1-3-15-32)40-22-4-5-23-41(40)48(43)50(42)53/h1-30,47H. The van der Waals surface area contributed by atoms with E-state index in [9.17, 15) is 5.26 Å². The largest absolute Gasteiger partial charge is 0.309 e. The number of benzene rings is 8. The van der Waals surface area contributed by atoms with Gasteiger partial charge in [-0.25, -0.2) is 0 Å². The highest BCUT2D eigenvalue weighted by Crippen LogP contribution is 2.53. The minimum atomic E-state index is 0.117. The van der Waals surface area contributed by atoms with Gasteiger partial charge in [-0.05, 0) is 64.2 Å². The topological polar surface area (TPSA) is 33.6 Å². The minimum absolute atomic E-state index is 0.117. The molecule has 0 fully saturated rings. The van der Waals surface area contributed by atoms with Crippen molar-refractivity contribution in [2.45, 2.75) is 5.92 Å². The van der Waals surface area contributed by atoms with E-state index in [0.29, 0.717) is 5.56 Å². The lowest BCUT2D eigenvalue weighted by atomic mass is 9.89. The van der Waals surface area contributed by atoms with Crippen LogP contribution in [0.3, 0.4) is 0 Å². The molecule has 0 saturated carbocycles. The summed E-state index contributed by atoms with van der Waals surface area (Å²) in [4.78, 5) is 0. The van der Waals surface area contributed by atoms with Crippen LogP contribution in [-0.4, -0.2) is 9.13 Å². The molecule has 1 aliphatic rings. The monoisotopic (exact) mass is 673 g/mol. The van der Waals surface area contributed by atoms with E-state index in [-0.39, 0.29) is 5.92 Å². The number of nitrogens with zero attached hydrogens (tertiary/aromatic N) is 3. The fourth-order valence-corrected chi connectivity index (χ4v) is 9.10. The van der Waals surface area contributed by atoms with Crippen molar-refractivity contribution in [3.63, 3.8) is 0 Å². The fraction of sp³-hybridized carbons (Fsp3) is 0.0200. The van der Waals surface area contributed by atoms with Crippen molar-refractivity contribution in [1.29, 1.82) is 5.26 Å². The number of hydrogen-bond acceptors (Lipinski definition) is 1. The van der Waals surface area contributed by atoms with Gasteiger partial charge in [0, 0.05) is 44.3 Å². The first-order valence-corrected chi connectivity index (χ1v) is 18.1. The summed E-state index contributed by atoms with van der Waals surface area (Å²) in [5.74, 6) is 0.117. The highest BCUT2D eigenvalue weighted by Gasteiger charge is 2.33. The van der Waals surface area contributed by atoms with Crippen LogP contribution in [0.4, 0.5) is 0 Å². The number of fused-ring (bicyclic) bond motifs is 10. The predicted molar refractivity (Wildman–Crippen MR) is 218 cm³/mol. The quantitative estimate of drug-likeness (QED) is 0.183. The van der Waals surface area contributed by atoms with Gasteiger partial charge in [-0.2, -0.15) is 5.26 Å². The molecular formula is C50H31N3. The second kappa shape index (κ2) is 11.4. The normalized spacial score (nSPS) is 13.5. The molecule has 8 aromatic carbocycles. The van der Waals surface area contributed by atoms with Crippen molar-refractivity contribution in [3.8, 4) is 39.7 Å². The van der Waals surface area contributed by atoms with Gasteiger partial charge in [-0.1, -0.05) is 146 Å². The SMILES string of the molecule is N#Cc1cccc(-c2cccc(-n3c4ccccc4c4ccccc43)c2)c1-n1c2ccccc2c2ccc3c(c21)-c1ccccc1C3c1ccccc1. The number of rotatable bonds is 4. The summed E-state index contributed by atoms with van der Waals surface area (Å²) in [5.41, 5.74) is 15.6. The van der Waals surface area contributed by atoms with Crippen LogP contribution in [0.5, 0.6) is 0 Å². The van der Waals surface area contributed by atoms with Crippen molar-refractivity contribution >= 4 is 43.6 Å². The van der Waals surface area contributed by atoms with Crippen molar-refractivity contribution < 1.29 is 0 Å². The van der Waals surface area contributed by atoms with Crippen molar-refractivity contribution in [1.82, 2.24) is 9.13 Å². The number of hydrogen-bond donors (Lipinski definition) is 0. The van der Waals surface area contributed by atoms with E-state index in [1.807, 2.05) is 12.1 Å². The van der Waals surface area contributed by atoms with Crippen LogP contribution in [-0.2, 0) is 0 Å². The van der Waals surface area contributed by atoms with E-state index < -0.39 is 0 Å². The molecule has 0 bridgehead atoms. The van der Waals surface area contributed by atoms with E-state index in [1.165, 1.54) is 60.4 Å². The zero-order chi connectivity index (χ0) is 35.0. The first-order valence-electron chi connectivity index (χ1n) is 18.1. The molecule has 1 unspecified atom stereocenters. The molecule has 0 N–H and O–H groups in total. The summed E-state index contributed by atoms with van der Waals surface area (Å²) in [6.07, 6.45) is 0. The Morgan fingerprint density at radius 2 is 1.06 bits per heavy atom. The highest BCUT2D eigenvalue weighted by molar-refractivity contribution is 6.16. The van der Waals surface area contributed by atoms with Crippen LogP contribution >= 0.6 is 0 Å². The Balaban J connectivity index is 1.22. The molecule has 0 amide bonds. The third-order valence-electron chi connectivity index (χ3n) is 11.2. The molecule has 3 heteroatoms. The average Bonchev–Trinajstić information content (AvgIpc) is 3.86. The summed E-state index contributed by atoms with van der Waals surface area (Å²) in [5, 5.41) is 15.7. The lowest BCUT2D eigenvalue weighted by molar-refractivity contribution is 1.02. The Morgan fingerprint density at radius 3 is 1.79 bits per heavy atom. The molecular weight excluding hydrogens is 643 g/mol. The summed E-state index contributed by atoms with van der Waals surface area (Å²) in [6, 6.07) is 67.7. The van der Waals surface area contributed by atoms with E-state index >= 15 is 0 Å². The van der Waals surface area contributed by atoms with Crippen LogP contribution < -0.4 is 0 Å². The second-order valence-corrected chi connectivity index (χ2v) is 13.9. The number of aromatic nitrogens is 2. The lowest BCUT2D eigenvalue weighted by Gasteiger charge is -2.18. The van der Waals surface area contributed by atoms with Gasteiger partial charge in [0.2, 0.25) is 0 Å². The zero-order valence-corrected chi connectivity index (χ0v) is 28.7. The Bertz CT molecular complexity index is 3080. The van der Waals surface area contributed by atoms with E-state index in [2.05, 4.69) is 185 Å². The molecule has 2 aromatic heterocycles. The van der Waals surface area contributed by atoms with Gasteiger partial charge in [0.25, 0.3) is 0 Å². The molecule has 1 atom stereocenters. The number of nitriles is 1. The third-order valence-corrected chi connectivity index (χ3v) is 11.2. The predicted octanol–water partition coefficient (Wildman–Crippen LogP) is 12.6. The Hall–Kier alpha value is -7.15. The van der Waals surface area contributed by atoms with Gasteiger partial charge < -0.3 is 9.13 Å². The Labute approximate surface area is 306 Å². The van der Waals surface area contributed by atoms with Gasteiger partial charge in [-0.3, -0.25) is 0 Å². The molecule has 0 radical (unpaired) electrons. The van der Waals surface area contributed by atoms with Crippen LogP contribution in [0.1, 0.15) is 28.2 Å². The zero-order valence-electron chi connectivity index (χ0n) is 28.7. The van der Waals surface area contributed by atoms with E-state index in [0.717, 1.165) is 33.5 Å². The lowest BCUT2D eigenvalue weighted by Crippen LogP contribution is -2.03. The summed E-state index contributed by atoms with van der Waals surface area (Å²) < 4.78 is 4.74. The van der Waals surface area contributed by atoms with Crippen LogP contribution in [0.2, 0.25) is 0 Å². The molecule has 0 spiro atoms. The van der Waals surface area contributed by atoms with Gasteiger partial charge in [-0.15, -0.1) is 0 Å². The summed E-state index contributed by atoms with van der Waals surface area (Å²) in [7, 11) is 0. The maximum absolute atomic E-state index is 10.8. The molecule has 2 heterocycles. The van der Waals surface area contributed by atoms with Gasteiger partial charge >= 0.3 is 0 Å². The van der Waals surface area contributed by atoms with Crippen LogP contribution in [0.25, 0.3) is 77.2 Å². The second-order valence-electron chi connectivity index (χ2n) is 13.9. The number of para-hydroxylation sites is 4. The Kier molecular flexibility index (Phi) is 6.38. The molecule has 0 saturated heterocycles. The van der Waals surface area contributed by atoms with Gasteiger partial charge in [0.1, 0.15) is 6.07 Å². The smallest absolute Gasteiger partial charge is 0.101 e. The van der Waals surface area contributed by atoms with Crippen molar-refractivity contribution in [2.75, 3.05) is 0 Å². The van der Waals surface area contributed by atoms with Gasteiger partial charge in [0.15, 0.2) is 0 Å². The molecule has 53 heavy (non-hydrogen) atoms. The van der Waals surface area contributed by atoms with Gasteiger partial charge in [0.05, 0.1) is 33.3 Å². The van der Waals surface area contributed by atoms with Crippen LogP contribution in [0, 0.1) is 11.3 Å². The van der Waals surface area contributed by atoms with E-state index in [1.54, 1.807) is 0 Å². The maximum atomic E-state index is 10.8. The third kappa shape index (κ3) is 4.21. The van der Waals surface area contributed by atoms with E-state index in [4.69, 9.17) is 0 Å². The molecule has 10 aromatic rings. The fourth-order valence-electron chi connectivity index (χ4n) is 9.10. The molecule has 3 nitrogen and oxygen atoms in total. The average molecular weight is 674 g/mol. The minimum Gasteiger partial charge on any atom is -0.309 e. The Morgan fingerprint density at radius 1 is 0.453 bits per heavy atom. The van der Waals surface area contributed by atoms with Crippen molar-refractivity contribution in [3.05, 3.63) is 204 Å². The maximum Gasteiger partial charge on any atom is 0.101 e. The summed E-state index contributed by atoms with van der Waals surface area (Å²) in [6.45, 7) is 0. The van der Waals surface area contributed by atoms with Crippen molar-refractivity contribution in [2.24, 2.45) is 0 Å². The summed E-state index contributed by atoms with van der Waals surface area (Å²) >= 11 is 0. The molecule has 246 valence electrons. The molecule has 0 aliphatic heterocycles. The molecule has 11 rings (SSSR count). The van der Waals surface area contributed by atoms with Crippen LogP contribution in [0.15, 0.2) is 182 Å². The highest BCUT2D eigenvalue weighted by atomic mass is 15.0.